The van der Waals surface area contributed by atoms with Crippen LogP contribution in [0.1, 0.15) is 64.7 Å². The van der Waals surface area contributed by atoms with Gasteiger partial charge < -0.3 is 0 Å². The minimum Gasteiger partial charge on any atom is -0.300 e. The van der Waals surface area contributed by atoms with E-state index >= 15 is 0 Å². The van der Waals surface area contributed by atoms with Crippen molar-refractivity contribution in [2.45, 2.75) is 70.8 Å². The Morgan fingerprint density at radius 3 is 2.41 bits per heavy atom. The summed E-state index contributed by atoms with van der Waals surface area (Å²) in [6.07, 6.45) is 11.3. The lowest BCUT2D eigenvalue weighted by molar-refractivity contribution is -0.125. The van der Waals surface area contributed by atoms with Gasteiger partial charge in [0, 0.05) is 24.9 Å². The summed E-state index contributed by atoms with van der Waals surface area (Å²) in [5.74, 6) is 0.885. The average Bonchev–Trinajstić information content (AvgIpc) is 2.39. The van der Waals surface area contributed by atoms with Crippen LogP contribution in [0, 0.1) is 5.92 Å². The Bertz CT molecular complexity index is 245. The Morgan fingerprint density at radius 1 is 1.06 bits per heavy atom. The van der Waals surface area contributed by atoms with Crippen LogP contribution < -0.4 is 0 Å². The molecule has 2 aliphatic rings. The van der Waals surface area contributed by atoms with Gasteiger partial charge in [-0.25, -0.2) is 0 Å². The fourth-order valence-electron chi connectivity index (χ4n) is 3.51. The number of nitrogens with zero attached hydrogens (tertiary/aromatic N) is 1. The second-order valence-electron chi connectivity index (χ2n) is 5.79. The number of ketones is 1. The van der Waals surface area contributed by atoms with Crippen molar-refractivity contribution in [2.75, 3.05) is 13.1 Å². The molecule has 17 heavy (non-hydrogen) atoms. The Balaban J connectivity index is 1.86. The molecule has 0 aromatic rings. The molecule has 2 saturated carbocycles. The first-order chi connectivity index (χ1) is 8.31. The fourth-order valence-corrected chi connectivity index (χ4v) is 3.51. The summed E-state index contributed by atoms with van der Waals surface area (Å²) in [6, 6.07) is 0.767. The highest BCUT2D eigenvalue weighted by molar-refractivity contribution is 5.81. The van der Waals surface area contributed by atoms with E-state index in [2.05, 4.69) is 11.8 Å². The normalized spacial score (nSPS) is 27.6. The number of rotatable bonds is 4. The number of Topliss-reactive ketones (excluding diaryl/α,β-unsaturated/α-hetero) is 1. The number of carbonyl (C=O) groups excluding carboxylic acids is 1. The molecule has 0 bridgehead atoms. The minimum atomic E-state index is 0.352. The molecule has 0 heterocycles. The van der Waals surface area contributed by atoms with Crippen LogP contribution in [-0.2, 0) is 4.79 Å². The van der Waals surface area contributed by atoms with Gasteiger partial charge in [-0.15, -0.1) is 0 Å². The van der Waals surface area contributed by atoms with Crippen molar-refractivity contribution in [3.63, 3.8) is 0 Å². The maximum absolute atomic E-state index is 11.9. The third kappa shape index (κ3) is 3.54. The molecule has 1 unspecified atom stereocenters. The molecule has 0 N–H and O–H groups in total. The third-order valence-corrected chi connectivity index (χ3v) is 4.63. The number of hydrogen-bond donors (Lipinski definition) is 0. The molecule has 2 rings (SSSR count). The van der Waals surface area contributed by atoms with Gasteiger partial charge in [-0.3, -0.25) is 9.69 Å². The van der Waals surface area contributed by atoms with E-state index in [9.17, 15) is 4.79 Å². The Hall–Kier alpha value is -0.370. The van der Waals surface area contributed by atoms with E-state index in [-0.39, 0.29) is 0 Å². The Labute approximate surface area is 106 Å². The van der Waals surface area contributed by atoms with Gasteiger partial charge in [-0.05, 0) is 32.2 Å². The average molecular weight is 237 g/mol. The van der Waals surface area contributed by atoms with E-state index in [1.165, 1.54) is 38.5 Å². The van der Waals surface area contributed by atoms with Gasteiger partial charge in [0.1, 0.15) is 5.78 Å². The van der Waals surface area contributed by atoms with E-state index in [0.29, 0.717) is 11.7 Å². The number of carbonyl (C=O) groups is 1. The van der Waals surface area contributed by atoms with Gasteiger partial charge in [-0.1, -0.05) is 32.6 Å². The summed E-state index contributed by atoms with van der Waals surface area (Å²) in [5.41, 5.74) is 0. The Kier molecular flexibility index (Phi) is 5.02. The monoisotopic (exact) mass is 237 g/mol. The largest absolute Gasteiger partial charge is 0.300 e. The molecular weight excluding hydrogens is 210 g/mol. The van der Waals surface area contributed by atoms with Crippen LogP contribution in [0.2, 0.25) is 0 Å². The van der Waals surface area contributed by atoms with Crippen LogP contribution in [0.15, 0.2) is 0 Å². The molecular formula is C15H27NO. The van der Waals surface area contributed by atoms with E-state index in [4.69, 9.17) is 0 Å². The molecule has 0 aromatic heterocycles. The van der Waals surface area contributed by atoms with E-state index in [1.54, 1.807) is 0 Å². The highest BCUT2D eigenvalue weighted by Crippen LogP contribution is 2.26. The van der Waals surface area contributed by atoms with E-state index in [1.807, 2.05) is 0 Å². The first-order valence-electron chi connectivity index (χ1n) is 7.58. The van der Waals surface area contributed by atoms with Crippen molar-refractivity contribution < 1.29 is 4.79 Å². The Morgan fingerprint density at radius 2 is 1.76 bits per heavy atom. The minimum absolute atomic E-state index is 0.352. The lowest BCUT2D eigenvalue weighted by Gasteiger charge is -2.36. The molecule has 2 heteroatoms. The lowest BCUT2D eigenvalue weighted by Crippen LogP contribution is -2.42. The van der Waals surface area contributed by atoms with Crippen LogP contribution in [0.4, 0.5) is 0 Å². The van der Waals surface area contributed by atoms with Gasteiger partial charge in [0.05, 0.1) is 0 Å². The van der Waals surface area contributed by atoms with Crippen LogP contribution in [-0.4, -0.2) is 29.8 Å². The first kappa shape index (κ1) is 13.1. The highest BCUT2D eigenvalue weighted by Gasteiger charge is 2.27. The van der Waals surface area contributed by atoms with Gasteiger partial charge >= 0.3 is 0 Å². The quantitative estimate of drug-likeness (QED) is 0.747. The van der Waals surface area contributed by atoms with Gasteiger partial charge in [0.15, 0.2) is 0 Å². The molecule has 0 radical (unpaired) electrons. The summed E-state index contributed by atoms with van der Waals surface area (Å²) in [4.78, 5) is 14.5. The summed E-state index contributed by atoms with van der Waals surface area (Å²) in [6.45, 7) is 4.41. The van der Waals surface area contributed by atoms with Crippen molar-refractivity contribution in [2.24, 2.45) is 5.92 Å². The standard InChI is InChI=1S/C15H27NO/c1-2-16(14-9-4-3-5-10-14)12-13-8-6-7-11-15(13)17/h13-14H,2-12H2,1H3. The van der Waals surface area contributed by atoms with Gasteiger partial charge in [0.2, 0.25) is 0 Å². The van der Waals surface area contributed by atoms with Crippen LogP contribution >= 0.6 is 0 Å². The first-order valence-corrected chi connectivity index (χ1v) is 7.58. The second-order valence-corrected chi connectivity index (χ2v) is 5.79. The molecule has 0 aromatic carbocycles. The second kappa shape index (κ2) is 6.53. The summed E-state index contributed by atoms with van der Waals surface area (Å²) >= 11 is 0. The third-order valence-electron chi connectivity index (χ3n) is 4.63. The topological polar surface area (TPSA) is 20.3 Å². The van der Waals surface area contributed by atoms with E-state index in [0.717, 1.165) is 38.4 Å². The van der Waals surface area contributed by atoms with E-state index < -0.39 is 0 Å². The maximum atomic E-state index is 11.9. The molecule has 1 atom stereocenters. The molecule has 0 saturated heterocycles. The molecule has 0 amide bonds. The fraction of sp³-hybridized carbons (Fsp3) is 0.933. The maximum Gasteiger partial charge on any atom is 0.137 e. The van der Waals surface area contributed by atoms with Crippen molar-refractivity contribution in [1.82, 2.24) is 4.90 Å². The highest BCUT2D eigenvalue weighted by atomic mass is 16.1. The molecule has 2 nitrogen and oxygen atoms in total. The SMILES string of the molecule is CCN(CC1CCCCC1=O)C1CCCCC1. The molecule has 0 aliphatic heterocycles. The van der Waals surface area contributed by atoms with Crippen molar-refractivity contribution in [3.8, 4) is 0 Å². The summed E-state index contributed by atoms with van der Waals surface area (Å²) in [7, 11) is 0. The van der Waals surface area contributed by atoms with Crippen LogP contribution in [0.3, 0.4) is 0 Å². The smallest absolute Gasteiger partial charge is 0.137 e. The summed E-state index contributed by atoms with van der Waals surface area (Å²) < 4.78 is 0. The molecule has 2 aliphatic carbocycles. The molecule has 98 valence electrons. The number of hydrogen-bond acceptors (Lipinski definition) is 2. The van der Waals surface area contributed by atoms with Crippen molar-refractivity contribution in [1.29, 1.82) is 0 Å². The predicted molar refractivity (Wildman–Crippen MR) is 71.1 cm³/mol. The molecule has 0 spiro atoms. The molecule has 2 fully saturated rings. The lowest BCUT2D eigenvalue weighted by atomic mass is 9.86. The van der Waals surface area contributed by atoms with Crippen molar-refractivity contribution in [3.05, 3.63) is 0 Å². The predicted octanol–water partition coefficient (Wildman–Crippen LogP) is 3.40. The van der Waals surface area contributed by atoms with Crippen LogP contribution in [0.5, 0.6) is 0 Å². The zero-order chi connectivity index (χ0) is 12.1. The van der Waals surface area contributed by atoms with Crippen LogP contribution in [0.25, 0.3) is 0 Å². The summed E-state index contributed by atoms with van der Waals surface area (Å²) in [5, 5.41) is 0. The van der Waals surface area contributed by atoms with Gasteiger partial charge in [-0.2, -0.15) is 0 Å². The van der Waals surface area contributed by atoms with Gasteiger partial charge in [0.25, 0.3) is 0 Å². The zero-order valence-electron chi connectivity index (χ0n) is 11.3. The van der Waals surface area contributed by atoms with Crippen molar-refractivity contribution >= 4 is 5.78 Å². The zero-order valence-corrected chi connectivity index (χ0v) is 11.3.